The van der Waals surface area contributed by atoms with Crippen LogP contribution in [0.1, 0.15) is 21.7 Å². The zero-order valence-corrected chi connectivity index (χ0v) is 16.5. The monoisotopic (exact) mass is 419 g/mol. The van der Waals surface area contributed by atoms with Crippen LogP contribution in [0.3, 0.4) is 0 Å². The van der Waals surface area contributed by atoms with E-state index in [4.69, 9.17) is 11.5 Å². The maximum Gasteiger partial charge on any atom is 0.387 e. The summed E-state index contributed by atoms with van der Waals surface area (Å²) < 4.78 is 30.9. The predicted molar refractivity (Wildman–Crippen MR) is 108 cm³/mol. The van der Waals surface area contributed by atoms with Gasteiger partial charge < -0.3 is 20.8 Å². The predicted octanol–water partition coefficient (Wildman–Crippen LogP) is 3.62. The standard InChI is InChI=1S/C19H19F2N5O2S/c1-10-7-14(15(27)9-29-19-24-16(22)8-17(23)25-19)11(2)26(10)12-3-5-13(6-4-12)28-18(20)21/h3-8,18H,9H2,1-2H3,(H4,22,23,24,25). The van der Waals surface area contributed by atoms with Gasteiger partial charge in [0.15, 0.2) is 10.9 Å². The molecule has 29 heavy (non-hydrogen) atoms. The van der Waals surface area contributed by atoms with Crippen molar-refractivity contribution in [3.63, 3.8) is 0 Å². The van der Waals surface area contributed by atoms with E-state index in [1.165, 1.54) is 18.2 Å². The van der Waals surface area contributed by atoms with E-state index < -0.39 is 6.61 Å². The van der Waals surface area contributed by atoms with Crippen molar-refractivity contribution in [3.8, 4) is 11.4 Å². The molecule has 152 valence electrons. The summed E-state index contributed by atoms with van der Waals surface area (Å²) >= 11 is 1.15. The van der Waals surface area contributed by atoms with Crippen molar-refractivity contribution in [1.29, 1.82) is 0 Å². The number of rotatable bonds is 7. The number of Topliss-reactive ketones (excluding diaryl/α,β-unsaturated/α-hetero) is 1. The Morgan fingerprint density at radius 1 is 1.14 bits per heavy atom. The summed E-state index contributed by atoms with van der Waals surface area (Å²) in [4.78, 5) is 20.8. The minimum Gasteiger partial charge on any atom is -0.435 e. The number of nitrogen functional groups attached to an aromatic ring is 2. The number of nitrogens with two attached hydrogens (primary N) is 2. The zero-order valence-electron chi connectivity index (χ0n) is 15.7. The normalized spacial score (nSPS) is 11.1. The minimum atomic E-state index is -2.88. The molecule has 0 spiro atoms. The van der Waals surface area contributed by atoms with Crippen molar-refractivity contribution in [1.82, 2.24) is 14.5 Å². The minimum absolute atomic E-state index is 0.0697. The number of ether oxygens (including phenoxy) is 1. The molecule has 0 aliphatic heterocycles. The molecule has 10 heteroatoms. The first kappa shape index (κ1) is 20.6. The molecule has 0 amide bonds. The highest BCUT2D eigenvalue weighted by molar-refractivity contribution is 7.99. The topological polar surface area (TPSA) is 109 Å². The molecular weight excluding hydrogens is 400 g/mol. The Bertz CT molecular complexity index is 1020. The molecule has 0 unspecified atom stereocenters. The van der Waals surface area contributed by atoms with Gasteiger partial charge in [-0.05, 0) is 44.2 Å². The largest absolute Gasteiger partial charge is 0.435 e. The Balaban J connectivity index is 1.78. The van der Waals surface area contributed by atoms with Gasteiger partial charge in [0.1, 0.15) is 17.4 Å². The van der Waals surface area contributed by atoms with Crippen LogP contribution in [0, 0.1) is 13.8 Å². The lowest BCUT2D eigenvalue weighted by molar-refractivity contribution is -0.0498. The smallest absolute Gasteiger partial charge is 0.387 e. The van der Waals surface area contributed by atoms with Crippen molar-refractivity contribution in [2.75, 3.05) is 17.2 Å². The van der Waals surface area contributed by atoms with E-state index in [9.17, 15) is 13.6 Å². The maximum atomic E-state index is 12.7. The quantitative estimate of drug-likeness (QED) is 0.342. The highest BCUT2D eigenvalue weighted by Gasteiger charge is 2.18. The molecule has 0 bridgehead atoms. The summed E-state index contributed by atoms with van der Waals surface area (Å²) in [7, 11) is 0. The van der Waals surface area contributed by atoms with Gasteiger partial charge in [0.25, 0.3) is 0 Å². The van der Waals surface area contributed by atoms with Crippen LogP contribution < -0.4 is 16.2 Å². The first-order chi connectivity index (χ1) is 13.7. The molecule has 7 nitrogen and oxygen atoms in total. The van der Waals surface area contributed by atoms with E-state index in [0.29, 0.717) is 10.7 Å². The Kier molecular flexibility index (Phi) is 6.02. The van der Waals surface area contributed by atoms with Gasteiger partial charge in [-0.2, -0.15) is 8.78 Å². The van der Waals surface area contributed by atoms with E-state index in [0.717, 1.165) is 28.8 Å². The average molecular weight is 419 g/mol. The van der Waals surface area contributed by atoms with Crippen LogP contribution in [-0.4, -0.2) is 32.7 Å². The van der Waals surface area contributed by atoms with Gasteiger partial charge in [-0.1, -0.05) is 11.8 Å². The SMILES string of the molecule is Cc1cc(C(=O)CSc2nc(N)cc(N)n2)c(C)n1-c1ccc(OC(F)F)cc1. The molecule has 3 rings (SSSR count). The summed E-state index contributed by atoms with van der Waals surface area (Å²) in [6, 6.07) is 9.46. The lowest BCUT2D eigenvalue weighted by atomic mass is 10.2. The Morgan fingerprint density at radius 3 is 2.34 bits per heavy atom. The number of halogens is 2. The van der Waals surface area contributed by atoms with E-state index in [1.54, 1.807) is 18.2 Å². The molecule has 0 atom stereocenters. The second kappa shape index (κ2) is 8.48. The van der Waals surface area contributed by atoms with Gasteiger partial charge in [0.05, 0.1) is 5.75 Å². The number of aryl methyl sites for hydroxylation is 1. The maximum absolute atomic E-state index is 12.7. The van der Waals surface area contributed by atoms with Gasteiger partial charge in [-0.3, -0.25) is 4.79 Å². The number of aromatic nitrogens is 3. The van der Waals surface area contributed by atoms with Crippen LogP contribution in [0.4, 0.5) is 20.4 Å². The second-order valence-corrected chi connectivity index (χ2v) is 7.15. The van der Waals surface area contributed by atoms with Crippen LogP contribution in [0.15, 0.2) is 41.6 Å². The van der Waals surface area contributed by atoms with Gasteiger partial charge in [0.2, 0.25) is 0 Å². The summed E-state index contributed by atoms with van der Waals surface area (Å²) in [6.45, 7) is 0.808. The van der Waals surface area contributed by atoms with Crippen molar-refractivity contribution in [2.45, 2.75) is 25.6 Å². The van der Waals surface area contributed by atoms with E-state index in [1.807, 2.05) is 18.4 Å². The summed E-state index contributed by atoms with van der Waals surface area (Å²) in [5.41, 5.74) is 14.2. The summed E-state index contributed by atoms with van der Waals surface area (Å²) in [5, 5.41) is 0.333. The number of hydrogen-bond donors (Lipinski definition) is 2. The third kappa shape index (κ3) is 4.83. The third-order valence-electron chi connectivity index (χ3n) is 4.13. The molecule has 0 fully saturated rings. The molecule has 0 aliphatic carbocycles. The number of alkyl halides is 2. The molecule has 1 aromatic carbocycles. The fourth-order valence-electron chi connectivity index (χ4n) is 2.95. The molecule has 0 saturated heterocycles. The summed E-state index contributed by atoms with van der Waals surface area (Å²) in [6.07, 6.45) is 0. The van der Waals surface area contributed by atoms with Gasteiger partial charge in [-0.25, -0.2) is 9.97 Å². The Hall–Kier alpha value is -3.14. The van der Waals surface area contributed by atoms with Crippen molar-refractivity contribution in [2.24, 2.45) is 0 Å². The van der Waals surface area contributed by atoms with Crippen molar-refractivity contribution < 1.29 is 18.3 Å². The second-order valence-electron chi connectivity index (χ2n) is 6.20. The highest BCUT2D eigenvalue weighted by Crippen LogP contribution is 2.25. The molecule has 2 aromatic heterocycles. The molecule has 4 N–H and O–H groups in total. The van der Waals surface area contributed by atoms with Crippen LogP contribution in [-0.2, 0) is 0 Å². The van der Waals surface area contributed by atoms with E-state index >= 15 is 0 Å². The van der Waals surface area contributed by atoms with E-state index in [-0.39, 0.29) is 28.9 Å². The molecule has 3 aromatic rings. The number of anilines is 2. The molecule has 0 radical (unpaired) electrons. The molecule has 2 heterocycles. The number of thioether (sulfide) groups is 1. The van der Waals surface area contributed by atoms with Crippen molar-refractivity contribution in [3.05, 3.63) is 53.3 Å². The van der Waals surface area contributed by atoms with E-state index in [2.05, 4.69) is 14.7 Å². The lowest BCUT2D eigenvalue weighted by Crippen LogP contribution is -2.07. The first-order valence-electron chi connectivity index (χ1n) is 8.55. The van der Waals surface area contributed by atoms with Crippen LogP contribution in [0.2, 0.25) is 0 Å². The fraction of sp³-hybridized carbons (Fsp3) is 0.211. The number of carbonyl (C=O) groups excluding carboxylic acids is 1. The van der Waals surface area contributed by atoms with Crippen molar-refractivity contribution >= 4 is 29.2 Å². The Morgan fingerprint density at radius 2 is 1.76 bits per heavy atom. The average Bonchev–Trinajstić information content (AvgIpc) is 2.94. The van der Waals surface area contributed by atoms with Crippen LogP contribution in [0.25, 0.3) is 5.69 Å². The van der Waals surface area contributed by atoms with Gasteiger partial charge >= 0.3 is 6.61 Å². The van der Waals surface area contributed by atoms with Gasteiger partial charge in [-0.15, -0.1) is 0 Å². The number of ketones is 1. The highest BCUT2D eigenvalue weighted by atomic mass is 32.2. The van der Waals surface area contributed by atoms with Gasteiger partial charge in [0, 0.05) is 28.7 Å². The van der Waals surface area contributed by atoms with Crippen LogP contribution in [0.5, 0.6) is 5.75 Å². The number of hydrogen-bond acceptors (Lipinski definition) is 7. The van der Waals surface area contributed by atoms with Crippen LogP contribution >= 0.6 is 11.8 Å². The third-order valence-corrected chi connectivity index (χ3v) is 4.98. The number of benzene rings is 1. The lowest BCUT2D eigenvalue weighted by Gasteiger charge is -2.11. The molecule has 0 saturated carbocycles. The number of nitrogens with zero attached hydrogens (tertiary/aromatic N) is 3. The summed E-state index contributed by atoms with van der Waals surface area (Å²) in [5.74, 6) is 0.570. The molecule has 0 aliphatic rings. The Labute approximate surface area is 170 Å². The zero-order chi connectivity index (χ0) is 21.1. The fourth-order valence-corrected chi connectivity index (χ4v) is 3.71. The first-order valence-corrected chi connectivity index (χ1v) is 9.53. The number of carbonyl (C=O) groups is 1. The molecular formula is C19H19F2N5O2S.